The summed E-state index contributed by atoms with van der Waals surface area (Å²) in [6.07, 6.45) is 6.00. The summed E-state index contributed by atoms with van der Waals surface area (Å²) in [5.74, 6) is -1.56. The molecular formula is C20H21NO4. The fourth-order valence-corrected chi connectivity index (χ4v) is 3.38. The van der Waals surface area contributed by atoms with Gasteiger partial charge in [0.2, 0.25) is 0 Å². The van der Waals surface area contributed by atoms with E-state index in [0.717, 1.165) is 18.4 Å². The quantitative estimate of drug-likeness (QED) is 0.721. The van der Waals surface area contributed by atoms with E-state index in [1.807, 2.05) is 12.1 Å². The SMILES string of the molecule is O=C(Nc1cccc(C(=O)O)c1O)c1cccc(C2CCCCC2)c1. The molecule has 1 aliphatic rings. The van der Waals surface area contributed by atoms with Gasteiger partial charge >= 0.3 is 5.97 Å². The number of phenols is 1. The number of carbonyl (C=O) groups excluding carboxylic acids is 1. The van der Waals surface area contributed by atoms with Crippen LogP contribution in [0.4, 0.5) is 5.69 Å². The van der Waals surface area contributed by atoms with E-state index in [1.54, 1.807) is 6.07 Å². The van der Waals surface area contributed by atoms with Crippen molar-refractivity contribution in [2.75, 3.05) is 5.32 Å². The second-order valence-electron chi connectivity index (χ2n) is 6.42. The molecule has 3 N–H and O–H groups in total. The molecule has 0 spiro atoms. The smallest absolute Gasteiger partial charge is 0.339 e. The minimum Gasteiger partial charge on any atom is -0.505 e. The van der Waals surface area contributed by atoms with Gasteiger partial charge in [-0.05, 0) is 48.6 Å². The van der Waals surface area contributed by atoms with E-state index < -0.39 is 11.7 Å². The highest BCUT2D eigenvalue weighted by molar-refractivity contribution is 6.06. The number of hydrogen-bond donors (Lipinski definition) is 3. The van der Waals surface area contributed by atoms with Crippen molar-refractivity contribution in [2.24, 2.45) is 0 Å². The van der Waals surface area contributed by atoms with Gasteiger partial charge < -0.3 is 15.5 Å². The van der Waals surface area contributed by atoms with Crippen molar-refractivity contribution < 1.29 is 19.8 Å². The average Bonchev–Trinajstić information content (AvgIpc) is 2.64. The van der Waals surface area contributed by atoms with Gasteiger partial charge in [0.15, 0.2) is 5.75 Å². The van der Waals surface area contributed by atoms with Crippen LogP contribution in [0.5, 0.6) is 5.75 Å². The lowest BCUT2D eigenvalue weighted by atomic mass is 9.83. The summed E-state index contributed by atoms with van der Waals surface area (Å²) in [6.45, 7) is 0. The normalized spacial score (nSPS) is 14.9. The van der Waals surface area contributed by atoms with Crippen LogP contribution in [0, 0.1) is 0 Å². The molecule has 0 aliphatic heterocycles. The zero-order chi connectivity index (χ0) is 17.8. The van der Waals surface area contributed by atoms with Crippen LogP contribution in [-0.2, 0) is 0 Å². The monoisotopic (exact) mass is 339 g/mol. The fraction of sp³-hybridized carbons (Fsp3) is 0.300. The number of nitrogens with one attached hydrogen (secondary N) is 1. The fourth-order valence-electron chi connectivity index (χ4n) is 3.38. The summed E-state index contributed by atoms with van der Waals surface area (Å²) in [6, 6.07) is 11.8. The maximum atomic E-state index is 12.5. The number of carbonyl (C=O) groups is 2. The molecule has 130 valence electrons. The van der Waals surface area contributed by atoms with Gasteiger partial charge in [0.05, 0.1) is 5.69 Å². The van der Waals surface area contributed by atoms with E-state index in [2.05, 4.69) is 11.4 Å². The van der Waals surface area contributed by atoms with Gasteiger partial charge in [0.1, 0.15) is 5.56 Å². The largest absolute Gasteiger partial charge is 0.505 e. The summed E-state index contributed by atoms with van der Waals surface area (Å²) >= 11 is 0. The molecule has 3 rings (SSSR count). The molecule has 5 heteroatoms. The lowest BCUT2D eigenvalue weighted by molar-refractivity contribution is 0.0693. The highest BCUT2D eigenvalue weighted by Crippen LogP contribution is 2.33. The number of anilines is 1. The Labute approximate surface area is 146 Å². The molecular weight excluding hydrogens is 318 g/mol. The molecule has 0 bridgehead atoms. The lowest BCUT2D eigenvalue weighted by Crippen LogP contribution is -2.14. The Morgan fingerprint density at radius 2 is 1.72 bits per heavy atom. The van der Waals surface area contributed by atoms with Crippen molar-refractivity contribution >= 4 is 17.6 Å². The number of amides is 1. The van der Waals surface area contributed by atoms with Gasteiger partial charge in [-0.2, -0.15) is 0 Å². The van der Waals surface area contributed by atoms with Crippen molar-refractivity contribution in [1.29, 1.82) is 0 Å². The first kappa shape index (κ1) is 17.0. The van der Waals surface area contributed by atoms with Crippen molar-refractivity contribution in [3.8, 4) is 5.75 Å². The Morgan fingerprint density at radius 1 is 1.00 bits per heavy atom. The van der Waals surface area contributed by atoms with E-state index in [4.69, 9.17) is 5.11 Å². The average molecular weight is 339 g/mol. The molecule has 0 atom stereocenters. The summed E-state index contributed by atoms with van der Waals surface area (Å²) in [4.78, 5) is 23.6. The molecule has 1 saturated carbocycles. The Morgan fingerprint density at radius 3 is 2.44 bits per heavy atom. The molecule has 1 amide bonds. The maximum Gasteiger partial charge on any atom is 0.339 e. The van der Waals surface area contributed by atoms with Gasteiger partial charge in [-0.1, -0.05) is 37.5 Å². The first-order valence-corrected chi connectivity index (χ1v) is 8.53. The second-order valence-corrected chi connectivity index (χ2v) is 6.42. The maximum absolute atomic E-state index is 12.5. The van der Waals surface area contributed by atoms with Crippen molar-refractivity contribution in [3.63, 3.8) is 0 Å². The molecule has 1 aliphatic carbocycles. The summed E-state index contributed by atoms with van der Waals surface area (Å²) in [5.41, 5.74) is 1.51. The second kappa shape index (κ2) is 7.38. The van der Waals surface area contributed by atoms with Crippen LogP contribution in [0.1, 0.15) is 64.3 Å². The van der Waals surface area contributed by atoms with Crippen molar-refractivity contribution in [2.45, 2.75) is 38.0 Å². The predicted octanol–water partition coefficient (Wildman–Crippen LogP) is 4.39. The van der Waals surface area contributed by atoms with Gasteiger partial charge in [-0.15, -0.1) is 0 Å². The van der Waals surface area contributed by atoms with E-state index in [9.17, 15) is 14.7 Å². The Bertz CT molecular complexity index is 794. The van der Waals surface area contributed by atoms with E-state index in [0.29, 0.717) is 11.5 Å². The van der Waals surface area contributed by atoms with Gasteiger partial charge in [-0.25, -0.2) is 4.79 Å². The highest BCUT2D eigenvalue weighted by atomic mass is 16.4. The van der Waals surface area contributed by atoms with Gasteiger partial charge in [0.25, 0.3) is 5.91 Å². The molecule has 25 heavy (non-hydrogen) atoms. The third kappa shape index (κ3) is 3.82. The minimum atomic E-state index is -1.24. The van der Waals surface area contributed by atoms with E-state index in [-0.39, 0.29) is 17.2 Å². The van der Waals surface area contributed by atoms with Crippen LogP contribution >= 0.6 is 0 Å². The molecule has 0 heterocycles. The molecule has 1 fully saturated rings. The molecule has 0 saturated heterocycles. The Kier molecular flexibility index (Phi) is 5.03. The number of benzene rings is 2. The summed E-state index contributed by atoms with van der Waals surface area (Å²) in [5, 5.41) is 21.7. The summed E-state index contributed by atoms with van der Waals surface area (Å²) in [7, 11) is 0. The molecule has 2 aromatic rings. The number of carboxylic acid groups (broad SMARTS) is 1. The molecule has 0 radical (unpaired) electrons. The number of para-hydroxylation sites is 1. The standard InChI is InChI=1S/C20H21NO4/c22-18-16(20(24)25)10-5-11-17(18)21-19(23)15-9-4-8-14(12-15)13-6-2-1-3-7-13/h4-5,8-13,22H,1-3,6-7H2,(H,21,23)(H,24,25). The number of carboxylic acids is 1. The first-order chi connectivity index (χ1) is 12.1. The summed E-state index contributed by atoms with van der Waals surface area (Å²) < 4.78 is 0. The van der Waals surface area contributed by atoms with Crippen LogP contribution in [0.3, 0.4) is 0 Å². The third-order valence-electron chi connectivity index (χ3n) is 4.74. The van der Waals surface area contributed by atoms with Gasteiger partial charge in [0, 0.05) is 5.56 Å². The molecule has 0 unspecified atom stereocenters. The van der Waals surface area contributed by atoms with Crippen LogP contribution in [0.2, 0.25) is 0 Å². The number of aromatic hydroxyl groups is 1. The zero-order valence-corrected chi connectivity index (χ0v) is 13.9. The zero-order valence-electron chi connectivity index (χ0n) is 13.9. The van der Waals surface area contributed by atoms with E-state index >= 15 is 0 Å². The Balaban J connectivity index is 1.80. The lowest BCUT2D eigenvalue weighted by Gasteiger charge is -2.22. The first-order valence-electron chi connectivity index (χ1n) is 8.53. The number of rotatable bonds is 4. The van der Waals surface area contributed by atoms with Crippen LogP contribution < -0.4 is 5.32 Å². The third-order valence-corrected chi connectivity index (χ3v) is 4.74. The van der Waals surface area contributed by atoms with Crippen LogP contribution in [0.15, 0.2) is 42.5 Å². The van der Waals surface area contributed by atoms with E-state index in [1.165, 1.54) is 37.5 Å². The number of hydrogen-bond acceptors (Lipinski definition) is 3. The Hall–Kier alpha value is -2.82. The molecule has 5 nitrogen and oxygen atoms in total. The van der Waals surface area contributed by atoms with Crippen LogP contribution in [-0.4, -0.2) is 22.1 Å². The highest BCUT2D eigenvalue weighted by Gasteiger charge is 2.18. The van der Waals surface area contributed by atoms with Crippen molar-refractivity contribution in [3.05, 3.63) is 59.2 Å². The minimum absolute atomic E-state index is 0.0907. The number of aromatic carboxylic acids is 1. The predicted molar refractivity (Wildman–Crippen MR) is 95.3 cm³/mol. The topological polar surface area (TPSA) is 86.6 Å². The molecule has 0 aromatic heterocycles. The van der Waals surface area contributed by atoms with Crippen molar-refractivity contribution in [1.82, 2.24) is 0 Å². The van der Waals surface area contributed by atoms with Crippen LogP contribution in [0.25, 0.3) is 0 Å². The van der Waals surface area contributed by atoms with Gasteiger partial charge in [-0.3, -0.25) is 4.79 Å². The molecule has 2 aromatic carbocycles.